The van der Waals surface area contributed by atoms with E-state index < -0.39 is 6.67 Å². The molecule has 15 heavy (non-hydrogen) atoms. The molecule has 0 amide bonds. The van der Waals surface area contributed by atoms with Gasteiger partial charge in [-0.3, -0.25) is 9.18 Å². The van der Waals surface area contributed by atoms with Gasteiger partial charge in [-0.25, -0.2) is 0 Å². The number of hydrogen-bond donors (Lipinski definition) is 0. The van der Waals surface area contributed by atoms with Gasteiger partial charge in [-0.05, 0) is 25.1 Å². The standard InChI is InChI=1S/C11H12ClFO2/c1-8(14)9-3-4-11(10(12)7-9)15-6-2-5-13/h3-4,7H,2,5-6H2,1H3. The number of benzene rings is 1. The van der Waals surface area contributed by atoms with Crippen LogP contribution in [0.3, 0.4) is 0 Å². The van der Waals surface area contributed by atoms with Crippen LogP contribution in [0, 0.1) is 0 Å². The van der Waals surface area contributed by atoms with Crippen molar-refractivity contribution in [1.29, 1.82) is 0 Å². The Balaban J connectivity index is 2.70. The lowest BCUT2D eigenvalue weighted by Gasteiger charge is -2.07. The highest BCUT2D eigenvalue weighted by Gasteiger charge is 2.05. The predicted molar refractivity (Wildman–Crippen MR) is 57.5 cm³/mol. The van der Waals surface area contributed by atoms with Crippen molar-refractivity contribution in [3.8, 4) is 5.75 Å². The van der Waals surface area contributed by atoms with Crippen molar-refractivity contribution < 1.29 is 13.9 Å². The molecule has 0 saturated carbocycles. The lowest BCUT2D eigenvalue weighted by atomic mass is 10.1. The van der Waals surface area contributed by atoms with Crippen molar-refractivity contribution in [2.24, 2.45) is 0 Å². The van der Waals surface area contributed by atoms with E-state index in [0.29, 0.717) is 22.8 Å². The quantitative estimate of drug-likeness (QED) is 0.573. The molecule has 0 heterocycles. The molecule has 0 fully saturated rings. The van der Waals surface area contributed by atoms with Gasteiger partial charge in [0.05, 0.1) is 18.3 Å². The highest BCUT2D eigenvalue weighted by atomic mass is 35.5. The Labute approximate surface area is 93.0 Å². The van der Waals surface area contributed by atoms with Crippen molar-refractivity contribution in [3.63, 3.8) is 0 Å². The summed E-state index contributed by atoms with van der Waals surface area (Å²) in [7, 11) is 0. The third-order valence-corrected chi connectivity index (χ3v) is 2.17. The van der Waals surface area contributed by atoms with Gasteiger partial charge < -0.3 is 4.74 Å². The smallest absolute Gasteiger partial charge is 0.159 e. The molecule has 0 aromatic heterocycles. The molecule has 1 aromatic carbocycles. The molecule has 1 rings (SSSR count). The van der Waals surface area contributed by atoms with E-state index in [0.717, 1.165) is 0 Å². The van der Waals surface area contributed by atoms with E-state index >= 15 is 0 Å². The first-order valence-electron chi connectivity index (χ1n) is 4.64. The van der Waals surface area contributed by atoms with Crippen LogP contribution >= 0.6 is 11.6 Å². The Morgan fingerprint density at radius 1 is 1.53 bits per heavy atom. The van der Waals surface area contributed by atoms with Gasteiger partial charge in [0.15, 0.2) is 5.78 Å². The van der Waals surface area contributed by atoms with Crippen LogP contribution in [0.5, 0.6) is 5.75 Å². The SMILES string of the molecule is CC(=O)c1ccc(OCCCF)c(Cl)c1. The number of alkyl halides is 1. The summed E-state index contributed by atoms with van der Waals surface area (Å²) in [4.78, 5) is 11.0. The van der Waals surface area contributed by atoms with Gasteiger partial charge >= 0.3 is 0 Å². The molecule has 0 saturated heterocycles. The molecule has 2 nitrogen and oxygen atoms in total. The first-order valence-corrected chi connectivity index (χ1v) is 5.02. The summed E-state index contributed by atoms with van der Waals surface area (Å²) in [5, 5.41) is 0.376. The van der Waals surface area contributed by atoms with Gasteiger partial charge in [-0.2, -0.15) is 0 Å². The number of ketones is 1. The highest BCUT2D eigenvalue weighted by Crippen LogP contribution is 2.25. The summed E-state index contributed by atoms with van der Waals surface area (Å²) in [6.45, 7) is 1.34. The minimum atomic E-state index is -0.414. The largest absolute Gasteiger partial charge is 0.492 e. The number of carbonyl (C=O) groups excluding carboxylic acids is 1. The van der Waals surface area contributed by atoms with Crippen LogP contribution in [-0.4, -0.2) is 19.1 Å². The van der Waals surface area contributed by atoms with Gasteiger partial charge in [0.25, 0.3) is 0 Å². The van der Waals surface area contributed by atoms with Crippen molar-refractivity contribution in [2.75, 3.05) is 13.3 Å². The normalized spacial score (nSPS) is 10.1. The van der Waals surface area contributed by atoms with Crippen molar-refractivity contribution in [1.82, 2.24) is 0 Å². The zero-order valence-corrected chi connectivity index (χ0v) is 9.18. The fraction of sp³-hybridized carbons (Fsp3) is 0.364. The van der Waals surface area contributed by atoms with E-state index in [1.54, 1.807) is 18.2 Å². The van der Waals surface area contributed by atoms with Gasteiger partial charge in [0.2, 0.25) is 0 Å². The second kappa shape index (κ2) is 5.71. The molecule has 0 spiro atoms. The molecule has 1 aromatic rings. The minimum Gasteiger partial charge on any atom is -0.492 e. The zero-order valence-electron chi connectivity index (χ0n) is 8.43. The van der Waals surface area contributed by atoms with Crippen LogP contribution in [0.4, 0.5) is 4.39 Å². The van der Waals surface area contributed by atoms with Crippen LogP contribution in [0.25, 0.3) is 0 Å². The van der Waals surface area contributed by atoms with Crippen molar-refractivity contribution in [3.05, 3.63) is 28.8 Å². The van der Waals surface area contributed by atoms with Crippen molar-refractivity contribution in [2.45, 2.75) is 13.3 Å². The van der Waals surface area contributed by atoms with Gasteiger partial charge in [0.1, 0.15) is 5.75 Å². The highest BCUT2D eigenvalue weighted by molar-refractivity contribution is 6.32. The molecule has 0 aliphatic carbocycles. The van der Waals surface area contributed by atoms with E-state index in [4.69, 9.17) is 16.3 Å². The van der Waals surface area contributed by atoms with Gasteiger partial charge in [0, 0.05) is 12.0 Å². The lowest BCUT2D eigenvalue weighted by Crippen LogP contribution is -1.99. The Bertz CT molecular complexity index is 352. The molecule has 0 radical (unpaired) electrons. The molecule has 0 aliphatic rings. The third-order valence-electron chi connectivity index (χ3n) is 1.87. The Hall–Kier alpha value is -1.09. The van der Waals surface area contributed by atoms with E-state index in [-0.39, 0.29) is 12.4 Å². The van der Waals surface area contributed by atoms with Gasteiger partial charge in [-0.1, -0.05) is 11.6 Å². The third kappa shape index (κ3) is 3.51. The average molecular weight is 231 g/mol. The maximum absolute atomic E-state index is 11.8. The van der Waals surface area contributed by atoms with E-state index in [1.165, 1.54) is 6.92 Å². The van der Waals surface area contributed by atoms with E-state index in [2.05, 4.69) is 0 Å². The topological polar surface area (TPSA) is 26.3 Å². The predicted octanol–water partition coefficient (Wildman–Crippen LogP) is 3.28. The van der Waals surface area contributed by atoms with E-state index in [1.807, 2.05) is 0 Å². The summed E-state index contributed by atoms with van der Waals surface area (Å²) in [5.74, 6) is 0.433. The number of ether oxygens (including phenoxy) is 1. The number of carbonyl (C=O) groups is 1. The average Bonchev–Trinajstić information content (AvgIpc) is 2.20. The molecule has 0 bridgehead atoms. The molecule has 0 N–H and O–H groups in total. The first-order chi connectivity index (χ1) is 7.15. The number of halogens is 2. The molecular weight excluding hydrogens is 219 g/mol. The fourth-order valence-electron chi connectivity index (χ4n) is 1.07. The molecular formula is C11H12ClFO2. The summed E-state index contributed by atoms with van der Waals surface area (Å²) in [5.41, 5.74) is 0.540. The second-order valence-electron chi connectivity index (χ2n) is 3.09. The number of Topliss-reactive ketones (excluding diaryl/α,β-unsaturated/α-hetero) is 1. The molecule has 0 atom stereocenters. The summed E-state index contributed by atoms with van der Waals surface area (Å²) in [6, 6.07) is 4.81. The molecule has 0 unspecified atom stereocenters. The molecule has 0 aliphatic heterocycles. The Kier molecular flexibility index (Phi) is 4.56. The van der Waals surface area contributed by atoms with Gasteiger partial charge in [-0.15, -0.1) is 0 Å². The lowest BCUT2D eigenvalue weighted by molar-refractivity contribution is 0.101. The molecule has 82 valence electrons. The second-order valence-corrected chi connectivity index (χ2v) is 3.50. The maximum atomic E-state index is 11.8. The van der Waals surface area contributed by atoms with Crippen LogP contribution in [-0.2, 0) is 0 Å². The summed E-state index contributed by atoms with van der Waals surface area (Å²) >= 11 is 5.88. The van der Waals surface area contributed by atoms with Crippen LogP contribution in [0.2, 0.25) is 5.02 Å². The summed E-state index contributed by atoms with van der Waals surface area (Å²) < 4.78 is 17.0. The monoisotopic (exact) mass is 230 g/mol. The Morgan fingerprint density at radius 3 is 2.80 bits per heavy atom. The maximum Gasteiger partial charge on any atom is 0.159 e. The summed E-state index contributed by atoms with van der Waals surface area (Å²) in [6.07, 6.45) is 0.338. The van der Waals surface area contributed by atoms with Crippen molar-refractivity contribution >= 4 is 17.4 Å². The number of hydrogen-bond acceptors (Lipinski definition) is 2. The van der Waals surface area contributed by atoms with E-state index in [9.17, 15) is 9.18 Å². The molecule has 4 heteroatoms. The Morgan fingerprint density at radius 2 is 2.27 bits per heavy atom. The van der Waals surface area contributed by atoms with Crippen LogP contribution in [0.15, 0.2) is 18.2 Å². The van der Waals surface area contributed by atoms with Crippen LogP contribution in [0.1, 0.15) is 23.7 Å². The first kappa shape index (κ1) is 12.0. The zero-order chi connectivity index (χ0) is 11.3. The fourth-order valence-corrected chi connectivity index (χ4v) is 1.31. The number of rotatable bonds is 5. The minimum absolute atomic E-state index is 0.0489. The van der Waals surface area contributed by atoms with Crippen LogP contribution < -0.4 is 4.74 Å².